The van der Waals surface area contributed by atoms with E-state index in [2.05, 4.69) is 36.2 Å². The SMILES string of the molecule is C=C(C)OC1C[C@@H](C(=O)NC(CCCc2ccccc2)CCCc2ccccc2)N(C(=O)C(=O)c2ccc(-c3ccccc3)cc2)C1. The maximum atomic E-state index is 13.9. The Morgan fingerprint density at radius 2 is 1.28 bits per heavy atom. The molecule has 0 bridgehead atoms. The van der Waals surface area contributed by atoms with Crippen LogP contribution in [0.25, 0.3) is 11.1 Å². The fourth-order valence-corrected chi connectivity index (χ4v) is 6.32. The number of ether oxygens (including phenoxy) is 1. The molecular weight excluding hydrogens is 584 g/mol. The van der Waals surface area contributed by atoms with E-state index in [4.69, 9.17) is 4.74 Å². The highest BCUT2D eigenvalue weighted by molar-refractivity contribution is 6.43. The molecule has 1 aliphatic heterocycles. The van der Waals surface area contributed by atoms with Crippen LogP contribution in [-0.4, -0.2) is 47.2 Å². The first-order valence-electron chi connectivity index (χ1n) is 16.6. The van der Waals surface area contributed by atoms with Gasteiger partial charge >= 0.3 is 0 Å². The Bertz CT molecular complexity index is 1580. The summed E-state index contributed by atoms with van der Waals surface area (Å²) >= 11 is 0. The summed E-state index contributed by atoms with van der Waals surface area (Å²) in [5, 5.41) is 3.27. The number of likely N-dealkylation sites (tertiary alicyclic amines) is 1. The molecule has 4 aromatic rings. The lowest BCUT2D eigenvalue weighted by Gasteiger charge is -2.26. The van der Waals surface area contributed by atoms with E-state index in [1.165, 1.54) is 16.0 Å². The molecule has 242 valence electrons. The van der Waals surface area contributed by atoms with Crippen LogP contribution in [0.5, 0.6) is 0 Å². The molecule has 0 saturated carbocycles. The normalized spacial score (nSPS) is 15.7. The summed E-state index contributed by atoms with van der Waals surface area (Å²) in [5.74, 6) is -1.08. The lowest BCUT2D eigenvalue weighted by Crippen LogP contribution is -2.50. The maximum absolute atomic E-state index is 13.9. The van der Waals surface area contributed by atoms with Crippen LogP contribution in [0.15, 0.2) is 128 Å². The van der Waals surface area contributed by atoms with Gasteiger partial charge in [-0.3, -0.25) is 14.4 Å². The van der Waals surface area contributed by atoms with Gasteiger partial charge in [-0.1, -0.05) is 122 Å². The third-order valence-corrected chi connectivity index (χ3v) is 8.71. The quantitative estimate of drug-likeness (QED) is 0.0837. The molecule has 0 aromatic heterocycles. The van der Waals surface area contributed by atoms with Crippen molar-refractivity contribution < 1.29 is 19.1 Å². The summed E-state index contributed by atoms with van der Waals surface area (Å²) in [5.41, 5.74) is 4.80. The number of allylic oxidation sites excluding steroid dienone is 1. The number of hydrogen-bond donors (Lipinski definition) is 1. The Balaban J connectivity index is 1.27. The largest absolute Gasteiger partial charge is 0.494 e. The number of rotatable bonds is 15. The van der Waals surface area contributed by atoms with Crippen molar-refractivity contribution in [3.63, 3.8) is 0 Å². The highest BCUT2D eigenvalue weighted by Gasteiger charge is 2.43. The molecule has 6 heteroatoms. The van der Waals surface area contributed by atoms with Crippen LogP contribution in [0.1, 0.15) is 60.5 Å². The number of Topliss-reactive ketones (excluding diaryl/α,β-unsaturated/α-hetero) is 1. The van der Waals surface area contributed by atoms with Crippen molar-refractivity contribution in [3.8, 4) is 11.1 Å². The van der Waals surface area contributed by atoms with Crippen molar-refractivity contribution in [3.05, 3.63) is 144 Å². The van der Waals surface area contributed by atoms with Crippen LogP contribution < -0.4 is 5.32 Å². The van der Waals surface area contributed by atoms with Crippen LogP contribution in [0.2, 0.25) is 0 Å². The second-order valence-electron chi connectivity index (χ2n) is 12.4. The topological polar surface area (TPSA) is 75.7 Å². The summed E-state index contributed by atoms with van der Waals surface area (Å²) < 4.78 is 5.88. The zero-order chi connectivity index (χ0) is 33.0. The third kappa shape index (κ3) is 9.52. The molecule has 1 unspecified atom stereocenters. The first kappa shape index (κ1) is 33.4. The highest BCUT2D eigenvalue weighted by Crippen LogP contribution is 2.25. The van der Waals surface area contributed by atoms with Crippen LogP contribution in [0.3, 0.4) is 0 Å². The van der Waals surface area contributed by atoms with Crippen LogP contribution in [-0.2, 0) is 27.2 Å². The van der Waals surface area contributed by atoms with Gasteiger partial charge in [-0.15, -0.1) is 0 Å². The van der Waals surface area contributed by atoms with Crippen molar-refractivity contribution >= 4 is 17.6 Å². The molecule has 1 saturated heterocycles. The van der Waals surface area contributed by atoms with E-state index in [1.807, 2.05) is 78.9 Å². The van der Waals surface area contributed by atoms with Gasteiger partial charge in [0.1, 0.15) is 12.1 Å². The van der Waals surface area contributed by atoms with Gasteiger partial charge in [0.25, 0.3) is 5.91 Å². The van der Waals surface area contributed by atoms with E-state index < -0.39 is 23.8 Å². The lowest BCUT2D eigenvalue weighted by molar-refractivity contribution is -0.135. The van der Waals surface area contributed by atoms with Crippen molar-refractivity contribution in [2.45, 2.75) is 70.1 Å². The summed E-state index contributed by atoms with van der Waals surface area (Å²) in [7, 11) is 0. The van der Waals surface area contributed by atoms with E-state index in [1.54, 1.807) is 19.1 Å². The molecule has 1 fully saturated rings. The number of nitrogens with zero attached hydrogens (tertiary/aromatic N) is 1. The van der Waals surface area contributed by atoms with Crippen molar-refractivity contribution in [1.29, 1.82) is 0 Å². The molecule has 47 heavy (non-hydrogen) atoms. The Kier molecular flexibility index (Phi) is 11.8. The predicted octanol–water partition coefficient (Wildman–Crippen LogP) is 7.59. The average Bonchev–Trinajstić information content (AvgIpc) is 3.52. The molecule has 4 aromatic carbocycles. The molecule has 5 rings (SSSR count). The number of carbonyl (C=O) groups excluding carboxylic acids is 3. The molecule has 0 spiro atoms. The smallest absolute Gasteiger partial charge is 0.295 e. The number of aryl methyl sites for hydroxylation is 2. The van der Waals surface area contributed by atoms with Crippen LogP contribution in [0, 0.1) is 0 Å². The predicted molar refractivity (Wildman–Crippen MR) is 187 cm³/mol. The van der Waals surface area contributed by atoms with Gasteiger partial charge in [0.05, 0.1) is 12.3 Å². The third-order valence-electron chi connectivity index (χ3n) is 8.71. The number of amides is 2. The molecule has 1 N–H and O–H groups in total. The minimum atomic E-state index is -0.815. The molecule has 6 nitrogen and oxygen atoms in total. The molecule has 1 aliphatic rings. The number of nitrogens with one attached hydrogen (secondary N) is 1. The van der Waals surface area contributed by atoms with E-state index in [0.717, 1.165) is 49.7 Å². The minimum absolute atomic E-state index is 0.0609. The molecule has 1 heterocycles. The van der Waals surface area contributed by atoms with E-state index in [-0.39, 0.29) is 24.1 Å². The average molecular weight is 629 g/mol. The first-order chi connectivity index (χ1) is 22.9. The lowest BCUT2D eigenvalue weighted by atomic mass is 9.98. The van der Waals surface area contributed by atoms with E-state index >= 15 is 0 Å². The summed E-state index contributed by atoms with van der Waals surface area (Å²) in [6.45, 7) is 5.73. The second kappa shape index (κ2) is 16.5. The van der Waals surface area contributed by atoms with E-state index in [0.29, 0.717) is 12.2 Å². The minimum Gasteiger partial charge on any atom is -0.494 e. The number of hydrogen-bond acceptors (Lipinski definition) is 4. The molecule has 0 radical (unpaired) electrons. The zero-order valence-corrected chi connectivity index (χ0v) is 27.1. The maximum Gasteiger partial charge on any atom is 0.295 e. The summed E-state index contributed by atoms with van der Waals surface area (Å²) in [6, 6.07) is 36.7. The first-order valence-corrected chi connectivity index (χ1v) is 16.6. The Labute approximate surface area is 278 Å². The van der Waals surface area contributed by atoms with Crippen LogP contribution >= 0.6 is 0 Å². The van der Waals surface area contributed by atoms with Crippen molar-refractivity contribution in [2.24, 2.45) is 0 Å². The Morgan fingerprint density at radius 1 is 0.766 bits per heavy atom. The van der Waals surface area contributed by atoms with Gasteiger partial charge in [0.15, 0.2) is 0 Å². The number of ketones is 1. The van der Waals surface area contributed by atoms with Gasteiger partial charge in [0, 0.05) is 18.0 Å². The van der Waals surface area contributed by atoms with Gasteiger partial charge < -0.3 is 15.0 Å². The van der Waals surface area contributed by atoms with Gasteiger partial charge in [0.2, 0.25) is 11.7 Å². The zero-order valence-electron chi connectivity index (χ0n) is 27.1. The molecule has 2 atom stereocenters. The van der Waals surface area contributed by atoms with Crippen molar-refractivity contribution in [1.82, 2.24) is 10.2 Å². The monoisotopic (exact) mass is 628 g/mol. The standard InChI is InChI=1S/C41H44N2O4/c1-30(2)47-37-28-38(43(29-37)41(46)39(44)35-26-24-34(25-27-35)33-20-10-5-11-21-33)40(45)42-36(22-12-18-31-14-6-3-7-15-31)23-13-19-32-16-8-4-9-17-32/h3-11,14-17,20-21,24-27,36-38H,1,12-13,18-19,22-23,28-29H2,2H3,(H,42,45)/t37?,38-/m0/s1. The summed E-state index contributed by atoms with van der Waals surface area (Å²) in [6.07, 6.45) is 5.20. The number of carbonyl (C=O) groups is 3. The number of benzene rings is 4. The molecule has 0 aliphatic carbocycles. The Morgan fingerprint density at radius 3 is 1.81 bits per heavy atom. The van der Waals surface area contributed by atoms with E-state index in [9.17, 15) is 14.4 Å². The van der Waals surface area contributed by atoms with Gasteiger partial charge in [-0.2, -0.15) is 0 Å². The summed E-state index contributed by atoms with van der Waals surface area (Å²) in [4.78, 5) is 42.5. The van der Waals surface area contributed by atoms with Crippen LogP contribution in [0.4, 0.5) is 0 Å². The van der Waals surface area contributed by atoms with Gasteiger partial charge in [-0.25, -0.2) is 0 Å². The fraction of sp³-hybridized carbons (Fsp3) is 0.293. The Hall–Kier alpha value is -4.97. The molecule has 2 amide bonds. The second-order valence-corrected chi connectivity index (χ2v) is 12.4. The van der Waals surface area contributed by atoms with Crippen molar-refractivity contribution in [2.75, 3.05) is 6.54 Å². The highest BCUT2D eigenvalue weighted by atomic mass is 16.5. The van der Waals surface area contributed by atoms with Gasteiger partial charge in [-0.05, 0) is 67.7 Å². The fourth-order valence-electron chi connectivity index (χ4n) is 6.32. The molecular formula is C41H44N2O4.